The SMILES string of the molecule is O=CC[C@H](Cc1c(F)cccc1Cl)C(=O)N1C(=O)OC(c2ccccc2)[C@@H]1c1ccccc1. The van der Waals surface area contributed by atoms with Crippen LogP contribution < -0.4 is 0 Å². The van der Waals surface area contributed by atoms with Gasteiger partial charge in [0.2, 0.25) is 5.91 Å². The molecule has 0 bridgehead atoms. The molecule has 1 aliphatic heterocycles. The number of ether oxygens (including phenoxy) is 1. The summed E-state index contributed by atoms with van der Waals surface area (Å²) >= 11 is 6.15. The third kappa shape index (κ3) is 4.66. The van der Waals surface area contributed by atoms with Gasteiger partial charge in [-0.25, -0.2) is 14.1 Å². The van der Waals surface area contributed by atoms with Gasteiger partial charge in [-0.05, 0) is 29.7 Å². The molecule has 1 unspecified atom stereocenters. The van der Waals surface area contributed by atoms with E-state index in [0.29, 0.717) is 11.8 Å². The zero-order valence-corrected chi connectivity index (χ0v) is 18.3. The summed E-state index contributed by atoms with van der Waals surface area (Å²) in [5.41, 5.74) is 1.57. The molecule has 3 aromatic carbocycles. The second kappa shape index (κ2) is 9.96. The van der Waals surface area contributed by atoms with Gasteiger partial charge in [-0.2, -0.15) is 0 Å². The van der Waals surface area contributed by atoms with Gasteiger partial charge >= 0.3 is 6.09 Å². The molecule has 7 heteroatoms. The number of carbonyl (C=O) groups is 3. The van der Waals surface area contributed by atoms with Gasteiger partial charge in [0.1, 0.15) is 18.1 Å². The number of carbonyl (C=O) groups excluding carboxylic acids is 3. The van der Waals surface area contributed by atoms with Crippen molar-refractivity contribution in [3.05, 3.63) is 106 Å². The molecule has 4 rings (SSSR count). The molecule has 1 saturated heterocycles. The highest BCUT2D eigenvalue weighted by Crippen LogP contribution is 2.44. The predicted molar refractivity (Wildman–Crippen MR) is 121 cm³/mol. The molecule has 0 spiro atoms. The smallest absolute Gasteiger partial charge is 0.417 e. The summed E-state index contributed by atoms with van der Waals surface area (Å²) in [6.45, 7) is 0. The average Bonchev–Trinajstić information content (AvgIpc) is 3.18. The summed E-state index contributed by atoms with van der Waals surface area (Å²) in [6.07, 6.45) is -1.25. The number of benzene rings is 3. The predicted octanol–water partition coefficient (Wildman–Crippen LogP) is 5.69. The van der Waals surface area contributed by atoms with Gasteiger partial charge in [0.15, 0.2) is 6.10 Å². The number of cyclic esters (lactones) is 1. The third-order valence-corrected chi connectivity index (χ3v) is 6.09. The summed E-state index contributed by atoms with van der Waals surface area (Å²) in [5, 5.41) is 0.157. The van der Waals surface area contributed by atoms with Crippen molar-refractivity contribution in [1.29, 1.82) is 0 Å². The first-order valence-electron chi connectivity index (χ1n) is 10.5. The Morgan fingerprint density at radius 2 is 1.64 bits per heavy atom. The zero-order valence-electron chi connectivity index (χ0n) is 17.6. The van der Waals surface area contributed by atoms with E-state index in [4.69, 9.17) is 16.3 Å². The third-order valence-electron chi connectivity index (χ3n) is 5.74. The van der Waals surface area contributed by atoms with Crippen LogP contribution in [0.4, 0.5) is 9.18 Å². The molecule has 5 nitrogen and oxygen atoms in total. The molecule has 0 N–H and O–H groups in total. The van der Waals surface area contributed by atoms with Crippen LogP contribution in [0.2, 0.25) is 5.02 Å². The van der Waals surface area contributed by atoms with Gasteiger partial charge in [-0.15, -0.1) is 0 Å². The maximum Gasteiger partial charge on any atom is 0.417 e. The van der Waals surface area contributed by atoms with Crippen LogP contribution in [0.3, 0.4) is 0 Å². The molecular formula is C26H21ClFNO4. The Morgan fingerprint density at radius 1 is 1.00 bits per heavy atom. The molecule has 1 heterocycles. The number of halogens is 2. The molecule has 0 saturated carbocycles. The highest BCUT2D eigenvalue weighted by atomic mass is 35.5. The molecule has 3 atom stereocenters. The van der Waals surface area contributed by atoms with Crippen molar-refractivity contribution in [2.45, 2.75) is 25.0 Å². The number of rotatable bonds is 7. The molecule has 0 aliphatic carbocycles. The molecule has 0 radical (unpaired) electrons. The van der Waals surface area contributed by atoms with Crippen molar-refractivity contribution >= 4 is 29.9 Å². The second-order valence-corrected chi connectivity index (χ2v) is 8.19. The standard InChI is InChI=1S/C26H21ClFNO4/c27-21-12-7-13-22(28)20(21)16-19(14-15-30)25(31)29-23(17-8-3-1-4-9-17)24(33-26(29)32)18-10-5-2-6-11-18/h1-13,15,19,23-24H,14,16H2/t19-,23+,24?/m1/s1. The lowest BCUT2D eigenvalue weighted by Gasteiger charge is -2.27. The number of amides is 2. The molecule has 0 aromatic heterocycles. The van der Waals surface area contributed by atoms with Crippen molar-refractivity contribution < 1.29 is 23.5 Å². The fourth-order valence-electron chi connectivity index (χ4n) is 4.13. The van der Waals surface area contributed by atoms with E-state index in [1.807, 2.05) is 60.7 Å². The lowest BCUT2D eigenvalue weighted by Crippen LogP contribution is -2.40. The maximum absolute atomic E-state index is 14.4. The number of nitrogens with zero attached hydrogens (tertiary/aromatic N) is 1. The summed E-state index contributed by atoms with van der Waals surface area (Å²) < 4.78 is 20.1. The quantitative estimate of drug-likeness (QED) is 0.420. The number of aldehydes is 1. The van der Waals surface area contributed by atoms with Gasteiger partial charge < -0.3 is 9.53 Å². The molecule has 1 aliphatic rings. The first-order chi connectivity index (χ1) is 16.0. The van der Waals surface area contributed by atoms with Crippen molar-refractivity contribution in [1.82, 2.24) is 4.90 Å². The highest BCUT2D eigenvalue weighted by Gasteiger charge is 2.48. The van der Waals surface area contributed by atoms with E-state index in [1.54, 1.807) is 0 Å². The van der Waals surface area contributed by atoms with Crippen molar-refractivity contribution in [2.75, 3.05) is 0 Å². The molecule has 33 heavy (non-hydrogen) atoms. The lowest BCUT2D eigenvalue weighted by molar-refractivity contribution is -0.135. The van der Waals surface area contributed by atoms with Gasteiger partial charge in [0, 0.05) is 22.9 Å². The van der Waals surface area contributed by atoms with Crippen LogP contribution in [0.15, 0.2) is 78.9 Å². The van der Waals surface area contributed by atoms with E-state index in [-0.39, 0.29) is 23.4 Å². The molecule has 1 fully saturated rings. The largest absolute Gasteiger partial charge is 0.438 e. The van der Waals surface area contributed by atoms with Gasteiger partial charge in [0.25, 0.3) is 0 Å². The number of hydrogen-bond acceptors (Lipinski definition) is 4. The van der Waals surface area contributed by atoms with E-state index in [0.717, 1.165) is 10.5 Å². The summed E-state index contributed by atoms with van der Waals surface area (Å²) in [6, 6.07) is 21.7. The summed E-state index contributed by atoms with van der Waals surface area (Å²) in [7, 11) is 0. The van der Waals surface area contributed by atoms with Crippen LogP contribution >= 0.6 is 11.6 Å². The van der Waals surface area contributed by atoms with E-state index in [2.05, 4.69) is 0 Å². The van der Waals surface area contributed by atoms with Crippen molar-refractivity contribution in [3.8, 4) is 0 Å². The van der Waals surface area contributed by atoms with Crippen LogP contribution in [0.25, 0.3) is 0 Å². The van der Waals surface area contributed by atoms with Crippen LogP contribution in [0.1, 0.15) is 35.3 Å². The number of imide groups is 1. The summed E-state index contributed by atoms with van der Waals surface area (Å²) in [4.78, 5) is 39.1. The Morgan fingerprint density at radius 3 is 2.24 bits per heavy atom. The van der Waals surface area contributed by atoms with E-state index < -0.39 is 35.9 Å². The minimum Gasteiger partial charge on any atom is -0.438 e. The first kappa shape index (κ1) is 22.7. The molecule has 2 amide bonds. The first-order valence-corrected chi connectivity index (χ1v) is 10.9. The zero-order chi connectivity index (χ0) is 23.4. The summed E-state index contributed by atoms with van der Waals surface area (Å²) in [5.74, 6) is -2.17. The Bertz CT molecular complexity index is 1140. The minimum atomic E-state index is -0.981. The Kier molecular flexibility index (Phi) is 6.84. The lowest BCUT2D eigenvalue weighted by atomic mass is 9.91. The van der Waals surface area contributed by atoms with Crippen molar-refractivity contribution in [2.24, 2.45) is 5.92 Å². The fraction of sp³-hybridized carbons (Fsp3) is 0.192. The van der Waals surface area contributed by atoms with E-state index in [1.165, 1.54) is 18.2 Å². The second-order valence-electron chi connectivity index (χ2n) is 7.78. The number of hydrogen-bond donors (Lipinski definition) is 0. The minimum absolute atomic E-state index is 0.121. The monoisotopic (exact) mass is 465 g/mol. The molecule has 3 aromatic rings. The van der Waals surface area contributed by atoms with Crippen LogP contribution in [-0.4, -0.2) is 23.2 Å². The van der Waals surface area contributed by atoms with Crippen molar-refractivity contribution in [3.63, 3.8) is 0 Å². The normalized spacial score (nSPS) is 18.6. The van der Waals surface area contributed by atoms with Gasteiger partial charge in [-0.1, -0.05) is 78.3 Å². The van der Waals surface area contributed by atoms with E-state index in [9.17, 15) is 18.8 Å². The van der Waals surface area contributed by atoms with Gasteiger partial charge in [-0.3, -0.25) is 4.79 Å². The Hall–Kier alpha value is -3.51. The topological polar surface area (TPSA) is 63.7 Å². The molecular weight excluding hydrogens is 445 g/mol. The fourth-order valence-corrected chi connectivity index (χ4v) is 4.37. The Labute approximate surface area is 195 Å². The van der Waals surface area contributed by atoms with Crippen LogP contribution in [0.5, 0.6) is 0 Å². The van der Waals surface area contributed by atoms with Crippen LogP contribution in [0, 0.1) is 11.7 Å². The van der Waals surface area contributed by atoms with Crippen LogP contribution in [-0.2, 0) is 20.7 Å². The maximum atomic E-state index is 14.4. The Balaban J connectivity index is 1.73. The van der Waals surface area contributed by atoms with E-state index >= 15 is 0 Å². The van der Waals surface area contributed by atoms with Gasteiger partial charge in [0.05, 0.1) is 0 Å². The molecule has 168 valence electrons. The average molecular weight is 466 g/mol. The highest BCUT2D eigenvalue weighted by molar-refractivity contribution is 6.31.